The summed E-state index contributed by atoms with van der Waals surface area (Å²) in [6.07, 6.45) is 7.62. The lowest BCUT2D eigenvalue weighted by Crippen LogP contribution is -1.87. The first-order valence-electron chi connectivity index (χ1n) is 3.08. The molecule has 1 heteroatoms. The molecule has 0 saturated carbocycles. The maximum Gasteiger partial charge on any atom is 0.139 e. The molecule has 0 aromatic heterocycles. The molecule has 1 rings (SSSR count). The molecule has 0 bridgehead atoms. The molecule has 0 saturated heterocycles. The van der Waals surface area contributed by atoms with Crippen molar-refractivity contribution in [2.24, 2.45) is 0 Å². The quantitative estimate of drug-likeness (QED) is 0.531. The van der Waals surface area contributed by atoms with Crippen molar-refractivity contribution in [1.82, 2.24) is 0 Å². The average Bonchev–Trinajstić information content (AvgIpc) is 2.04. The molecule has 0 spiro atoms. The summed E-state index contributed by atoms with van der Waals surface area (Å²) in [4.78, 5) is 0. The van der Waals surface area contributed by atoms with E-state index < -0.39 is 5.82 Å². The van der Waals surface area contributed by atoms with Crippen LogP contribution in [0, 0.1) is 24.2 Å². The molecule has 1 aromatic rings. The van der Waals surface area contributed by atoms with Crippen LogP contribution >= 0.6 is 0 Å². The maximum atomic E-state index is 12.8. The molecule has 0 aliphatic heterocycles. The van der Waals surface area contributed by atoms with E-state index >= 15 is 0 Å². The number of hydrogen-bond donors (Lipinski definition) is 0. The maximum absolute atomic E-state index is 12.8. The molecule has 0 N–H and O–H groups in total. The van der Waals surface area contributed by atoms with Gasteiger partial charge >= 0.3 is 0 Å². The van der Waals surface area contributed by atoms with Crippen molar-refractivity contribution in [2.75, 3.05) is 0 Å². The van der Waals surface area contributed by atoms with Crippen LogP contribution in [-0.4, -0.2) is 0 Å². The Morgan fingerprint density at radius 3 is 2.64 bits per heavy atom. The van der Waals surface area contributed by atoms with E-state index in [1.165, 1.54) is 6.07 Å². The van der Waals surface area contributed by atoms with E-state index in [1.54, 1.807) is 12.1 Å². The standard InChI is InChI=1S/C10H6F/c1-3-8-6-5-7-10(11)9(8)4-2/h2,5-7H,1H2. The predicted molar refractivity (Wildman–Crippen MR) is 42.3 cm³/mol. The Balaban J connectivity index is 3.38. The molecule has 0 amide bonds. The minimum Gasteiger partial charge on any atom is -0.206 e. The molecular formula is C10H6F. The van der Waals surface area contributed by atoms with Gasteiger partial charge in [-0.2, -0.15) is 0 Å². The molecule has 0 unspecified atom stereocenters. The van der Waals surface area contributed by atoms with Gasteiger partial charge in [-0.25, -0.2) is 4.39 Å². The Bertz CT molecular complexity index is 318. The first-order chi connectivity index (χ1) is 5.29. The topological polar surface area (TPSA) is 0 Å². The zero-order chi connectivity index (χ0) is 8.27. The normalized spacial score (nSPS) is 8.73. The minimum absolute atomic E-state index is 0.225. The Morgan fingerprint density at radius 1 is 1.45 bits per heavy atom. The molecule has 0 heterocycles. The van der Waals surface area contributed by atoms with Gasteiger partial charge in [0.25, 0.3) is 0 Å². The van der Waals surface area contributed by atoms with Crippen LogP contribution in [0.2, 0.25) is 0 Å². The monoisotopic (exact) mass is 145 g/mol. The summed E-state index contributed by atoms with van der Waals surface area (Å²) < 4.78 is 12.8. The van der Waals surface area contributed by atoms with Crippen molar-refractivity contribution in [3.63, 3.8) is 0 Å². The van der Waals surface area contributed by atoms with Crippen LogP contribution in [0.5, 0.6) is 0 Å². The van der Waals surface area contributed by atoms with E-state index in [0.717, 1.165) is 0 Å². The zero-order valence-electron chi connectivity index (χ0n) is 5.89. The summed E-state index contributed by atoms with van der Waals surface area (Å²) in [6.45, 7) is 3.39. The smallest absolute Gasteiger partial charge is 0.139 e. The second-order valence-electron chi connectivity index (χ2n) is 1.98. The van der Waals surface area contributed by atoms with Gasteiger partial charge in [0, 0.05) is 5.56 Å². The number of halogens is 1. The predicted octanol–water partition coefficient (Wildman–Crippen LogP) is 2.14. The molecule has 1 aromatic carbocycles. The van der Waals surface area contributed by atoms with Gasteiger partial charge in [-0.1, -0.05) is 24.6 Å². The van der Waals surface area contributed by atoms with E-state index in [-0.39, 0.29) is 5.56 Å². The third kappa shape index (κ3) is 1.30. The highest BCUT2D eigenvalue weighted by Crippen LogP contribution is 2.11. The summed E-state index contributed by atoms with van der Waals surface area (Å²) in [7, 11) is 0. The molecule has 0 atom stereocenters. The van der Waals surface area contributed by atoms with Crippen LogP contribution in [-0.2, 0) is 0 Å². The number of terminal acetylenes is 1. The number of benzene rings is 1. The fourth-order valence-corrected chi connectivity index (χ4v) is 0.818. The van der Waals surface area contributed by atoms with Gasteiger partial charge in [0.15, 0.2) is 0 Å². The lowest BCUT2D eigenvalue weighted by molar-refractivity contribution is 0.623. The van der Waals surface area contributed by atoms with E-state index in [9.17, 15) is 4.39 Å². The zero-order valence-corrected chi connectivity index (χ0v) is 5.89. The van der Waals surface area contributed by atoms with Gasteiger partial charge in [-0.3, -0.25) is 0 Å². The second-order valence-corrected chi connectivity index (χ2v) is 1.98. The SMILES string of the molecule is C#Cc1c(F)cccc1[C]=C. The lowest BCUT2D eigenvalue weighted by Gasteiger charge is -1.97. The lowest BCUT2D eigenvalue weighted by atomic mass is 10.1. The molecular weight excluding hydrogens is 139 g/mol. The molecule has 0 aliphatic rings. The van der Waals surface area contributed by atoms with Crippen molar-refractivity contribution in [2.45, 2.75) is 0 Å². The van der Waals surface area contributed by atoms with Crippen LogP contribution < -0.4 is 0 Å². The van der Waals surface area contributed by atoms with Crippen molar-refractivity contribution < 1.29 is 4.39 Å². The minimum atomic E-state index is -0.402. The van der Waals surface area contributed by atoms with E-state index in [4.69, 9.17) is 6.42 Å². The van der Waals surface area contributed by atoms with Gasteiger partial charge in [-0.15, -0.1) is 6.42 Å². The van der Waals surface area contributed by atoms with E-state index in [2.05, 4.69) is 18.6 Å². The Hall–Kier alpha value is -1.55. The molecule has 53 valence electrons. The van der Waals surface area contributed by atoms with Gasteiger partial charge in [-0.05, 0) is 12.1 Å². The molecule has 0 aliphatic carbocycles. The molecule has 0 nitrogen and oxygen atoms in total. The van der Waals surface area contributed by atoms with Gasteiger partial charge in [0.05, 0.1) is 5.56 Å². The van der Waals surface area contributed by atoms with E-state index in [0.29, 0.717) is 5.56 Å². The summed E-state index contributed by atoms with van der Waals surface area (Å²) in [6, 6.07) is 4.56. The van der Waals surface area contributed by atoms with Crippen LogP contribution in [0.15, 0.2) is 24.8 Å². The van der Waals surface area contributed by atoms with Crippen molar-refractivity contribution in [1.29, 1.82) is 0 Å². The molecule has 0 fully saturated rings. The Morgan fingerprint density at radius 2 is 2.18 bits per heavy atom. The first kappa shape index (κ1) is 7.56. The summed E-state index contributed by atoms with van der Waals surface area (Å²) in [5.41, 5.74) is 0.759. The van der Waals surface area contributed by atoms with Crippen molar-refractivity contribution in [3.05, 3.63) is 47.8 Å². The fourth-order valence-electron chi connectivity index (χ4n) is 0.818. The summed E-state index contributed by atoms with van der Waals surface area (Å²) in [5.74, 6) is 1.84. The molecule has 1 radical (unpaired) electrons. The van der Waals surface area contributed by atoms with Crippen LogP contribution in [0.4, 0.5) is 4.39 Å². The van der Waals surface area contributed by atoms with Crippen LogP contribution in [0.25, 0.3) is 0 Å². The second kappa shape index (κ2) is 3.03. The highest BCUT2D eigenvalue weighted by Gasteiger charge is 2.01. The highest BCUT2D eigenvalue weighted by molar-refractivity contribution is 5.43. The van der Waals surface area contributed by atoms with Gasteiger partial charge in [0.1, 0.15) is 5.82 Å². The summed E-state index contributed by atoms with van der Waals surface area (Å²) >= 11 is 0. The average molecular weight is 145 g/mol. The third-order valence-electron chi connectivity index (χ3n) is 1.35. The highest BCUT2D eigenvalue weighted by atomic mass is 19.1. The van der Waals surface area contributed by atoms with Gasteiger partial charge < -0.3 is 0 Å². The number of hydrogen-bond acceptors (Lipinski definition) is 0. The van der Waals surface area contributed by atoms with Crippen molar-refractivity contribution >= 4 is 0 Å². The third-order valence-corrected chi connectivity index (χ3v) is 1.35. The van der Waals surface area contributed by atoms with Gasteiger partial charge in [0.2, 0.25) is 0 Å². The number of rotatable bonds is 1. The Kier molecular flexibility index (Phi) is 2.08. The van der Waals surface area contributed by atoms with Crippen LogP contribution in [0.1, 0.15) is 11.1 Å². The van der Waals surface area contributed by atoms with E-state index in [1.807, 2.05) is 0 Å². The fraction of sp³-hybridized carbons (Fsp3) is 0. The van der Waals surface area contributed by atoms with Crippen LogP contribution in [0.3, 0.4) is 0 Å². The van der Waals surface area contributed by atoms with Crippen molar-refractivity contribution in [3.8, 4) is 12.3 Å². The summed E-state index contributed by atoms with van der Waals surface area (Å²) in [5, 5.41) is 0. The molecule has 11 heavy (non-hydrogen) atoms. The Labute approximate surface area is 65.4 Å². The largest absolute Gasteiger partial charge is 0.206 e. The first-order valence-corrected chi connectivity index (χ1v) is 3.08.